The van der Waals surface area contributed by atoms with Crippen molar-refractivity contribution < 1.29 is 14.4 Å². The first-order valence-corrected chi connectivity index (χ1v) is 10.3. The van der Waals surface area contributed by atoms with E-state index in [-0.39, 0.29) is 47.3 Å². The van der Waals surface area contributed by atoms with Crippen LogP contribution in [0.15, 0.2) is 59.8 Å². The van der Waals surface area contributed by atoms with Crippen molar-refractivity contribution >= 4 is 29.4 Å². The number of thioether (sulfide) groups is 1. The summed E-state index contributed by atoms with van der Waals surface area (Å²) < 4.78 is 0. The summed E-state index contributed by atoms with van der Waals surface area (Å²) in [6.45, 7) is 2.22. The van der Waals surface area contributed by atoms with E-state index in [1.807, 2.05) is 42.5 Å². The number of amides is 2. The summed E-state index contributed by atoms with van der Waals surface area (Å²) in [4.78, 5) is 38.6. The van der Waals surface area contributed by atoms with Gasteiger partial charge in [-0.3, -0.25) is 24.6 Å². The fourth-order valence-corrected chi connectivity index (χ4v) is 5.27. The van der Waals surface area contributed by atoms with Gasteiger partial charge in [-0.1, -0.05) is 48.6 Å². The highest BCUT2D eigenvalue weighted by Gasteiger charge is 2.46. The first-order valence-electron chi connectivity index (χ1n) is 9.29. The van der Waals surface area contributed by atoms with Crippen LogP contribution in [0.1, 0.15) is 13.3 Å². The molecule has 4 atom stereocenters. The van der Waals surface area contributed by atoms with Crippen LogP contribution in [0.3, 0.4) is 0 Å². The molecule has 2 aliphatic carbocycles. The molecule has 2 amide bonds. The molecule has 0 spiro atoms. The quantitative estimate of drug-likeness (QED) is 0.753. The molecule has 6 heteroatoms. The van der Waals surface area contributed by atoms with E-state index in [9.17, 15) is 14.4 Å². The highest BCUT2D eigenvalue weighted by Crippen LogP contribution is 2.36. The topological polar surface area (TPSA) is 66.5 Å². The maximum absolute atomic E-state index is 13.1. The Morgan fingerprint density at radius 2 is 1.78 bits per heavy atom. The van der Waals surface area contributed by atoms with Crippen LogP contribution in [-0.2, 0) is 14.4 Å². The summed E-state index contributed by atoms with van der Waals surface area (Å²) in [5.74, 6) is 0.224. The van der Waals surface area contributed by atoms with Crippen molar-refractivity contribution in [3.05, 3.63) is 59.8 Å². The largest absolute Gasteiger partial charge is 0.299 e. The average molecular weight is 382 g/mol. The van der Waals surface area contributed by atoms with Crippen LogP contribution in [0.4, 0.5) is 0 Å². The van der Waals surface area contributed by atoms with E-state index >= 15 is 0 Å². The second-order valence-corrected chi connectivity index (χ2v) is 8.25. The lowest BCUT2D eigenvalue weighted by atomic mass is 9.80. The molecule has 0 aromatic rings. The van der Waals surface area contributed by atoms with Gasteiger partial charge in [-0.15, -0.1) is 11.8 Å². The molecule has 1 N–H and O–H groups in total. The van der Waals surface area contributed by atoms with E-state index in [2.05, 4.69) is 11.4 Å². The number of rotatable bonds is 4. The molecule has 5 nitrogen and oxygen atoms in total. The Morgan fingerprint density at radius 3 is 2.48 bits per heavy atom. The van der Waals surface area contributed by atoms with Crippen LogP contribution in [0, 0.1) is 5.92 Å². The van der Waals surface area contributed by atoms with E-state index in [0.29, 0.717) is 12.3 Å². The summed E-state index contributed by atoms with van der Waals surface area (Å²) in [7, 11) is 0. The number of hydrogen-bond acceptors (Lipinski definition) is 5. The molecule has 0 radical (unpaired) electrons. The molecule has 140 valence electrons. The molecule has 2 aliphatic heterocycles. The Labute approximate surface area is 162 Å². The van der Waals surface area contributed by atoms with E-state index in [1.54, 1.807) is 6.92 Å². The van der Waals surface area contributed by atoms with Gasteiger partial charge in [0, 0.05) is 24.8 Å². The molecule has 4 aliphatic rings. The molecule has 2 bridgehead atoms. The number of Topliss-reactive ketones (excluding diaryl/α,β-unsaturated/α-hetero) is 1. The number of imide groups is 1. The van der Waals surface area contributed by atoms with E-state index in [0.717, 1.165) is 11.1 Å². The predicted molar refractivity (Wildman–Crippen MR) is 106 cm³/mol. The van der Waals surface area contributed by atoms with Gasteiger partial charge in [-0.05, 0) is 18.1 Å². The minimum atomic E-state index is -0.370. The normalized spacial score (nSPS) is 32.2. The number of allylic oxidation sites excluding steroid dienone is 7. The lowest BCUT2D eigenvalue weighted by Crippen LogP contribution is -2.36. The SMILES string of the molecule is CCN1C(=O)CC(SCC2NC3c4ccccccc(cc4)C3C2=O)C1=O. The first-order chi connectivity index (χ1) is 13.1. The maximum atomic E-state index is 13.1. The van der Waals surface area contributed by atoms with Gasteiger partial charge in [0.1, 0.15) is 0 Å². The number of ketones is 1. The van der Waals surface area contributed by atoms with Crippen molar-refractivity contribution in [3.8, 4) is 0 Å². The van der Waals surface area contributed by atoms with Crippen molar-refractivity contribution in [1.82, 2.24) is 10.2 Å². The van der Waals surface area contributed by atoms with Gasteiger partial charge < -0.3 is 0 Å². The fourth-order valence-electron chi connectivity index (χ4n) is 4.06. The first kappa shape index (κ1) is 18.2. The van der Waals surface area contributed by atoms with Crippen LogP contribution in [-0.4, -0.2) is 52.1 Å². The van der Waals surface area contributed by atoms with E-state index in [1.165, 1.54) is 16.7 Å². The summed E-state index contributed by atoms with van der Waals surface area (Å²) in [5, 5.41) is 3.10. The molecule has 4 unspecified atom stereocenters. The van der Waals surface area contributed by atoms with Crippen LogP contribution in [0.5, 0.6) is 0 Å². The van der Waals surface area contributed by atoms with Gasteiger partial charge in [0.2, 0.25) is 11.8 Å². The molecule has 2 heterocycles. The minimum absolute atomic E-state index is 0.0384. The van der Waals surface area contributed by atoms with Gasteiger partial charge in [-0.25, -0.2) is 0 Å². The third-order valence-corrected chi connectivity index (χ3v) is 6.74. The van der Waals surface area contributed by atoms with E-state index in [4.69, 9.17) is 0 Å². The van der Waals surface area contributed by atoms with Crippen LogP contribution < -0.4 is 5.32 Å². The summed E-state index contributed by atoms with van der Waals surface area (Å²) >= 11 is 1.42. The minimum Gasteiger partial charge on any atom is -0.299 e. The van der Waals surface area contributed by atoms with Crippen LogP contribution in [0.25, 0.3) is 0 Å². The average Bonchev–Trinajstić information content (AvgIpc) is 3.15. The fraction of sp³-hybridized carbons (Fsp3) is 0.381. The van der Waals surface area contributed by atoms with Crippen molar-refractivity contribution in [3.63, 3.8) is 0 Å². The lowest BCUT2D eigenvalue weighted by Gasteiger charge is -2.25. The molecule has 2 saturated heterocycles. The Balaban J connectivity index is 1.49. The highest BCUT2D eigenvalue weighted by atomic mass is 32.2. The van der Waals surface area contributed by atoms with Crippen molar-refractivity contribution in [1.29, 1.82) is 0 Å². The second-order valence-electron chi connectivity index (χ2n) is 7.02. The Bertz CT molecular complexity index is 836. The van der Waals surface area contributed by atoms with Crippen molar-refractivity contribution in [2.24, 2.45) is 5.92 Å². The Morgan fingerprint density at radius 1 is 1.07 bits per heavy atom. The van der Waals surface area contributed by atoms with E-state index < -0.39 is 0 Å². The zero-order valence-corrected chi connectivity index (χ0v) is 15.9. The van der Waals surface area contributed by atoms with Gasteiger partial charge >= 0.3 is 0 Å². The molecule has 2 fully saturated rings. The zero-order valence-electron chi connectivity index (χ0n) is 15.1. The van der Waals surface area contributed by atoms with Crippen molar-refractivity contribution in [2.45, 2.75) is 30.7 Å². The number of likely N-dealkylation sites (tertiary alicyclic amines) is 1. The third-order valence-electron chi connectivity index (χ3n) is 5.44. The zero-order chi connectivity index (χ0) is 19.0. The molecule has 27 heavy (non-hydrogen) atoms. The van der Waals surface area contributed by atoms with Crippen LogP contribution in [0.2, 0.25) is 0 Å². The summed E-state index contributed by atoms with van der Waals surface area (Å²) in [5.41, 5.74) is 2.10. The molecule has 0 aromatic heterocycles. The van der Waals surface area contributed by atoms with Crippen LogP contribution >= 0.6 is 11.8 Å². The van der Waals surface area contributed by atoms with Gasteiger partial charge in [0.15, 0.2) is 5.78 Å². The summed E-state index contributed by atoms with van der Waals surface area (Å²) in [6.07, 6.45) is 16.2. The highest BCUT2D eigenvalue weighted by molar-refractivity contribution is 8.00. The monoisotopic (exact) mass is 382 g/mol. The number of hydrogen-bond donors (Lipinski definition) is 1. The second kappa shape index (κ2) is 7.44. The molecule has 4 rings (SSSR count). The predicted octanol–water partition coefficient (Wildman–Crippen LogP) is 1.94. The van der Waals surface area contributed by atoms with Gasteiger partial charge in [-0.2, -0.15) is 0 Å². The molecule has 0 saturated carbocycles. The van der Waals surface area contributed by atoms with Crippen molar-refractivity contribution in [2.75, 3.05) is 12.3 Å². The number of carbonyl (C=O) groups excluding carboxylic acids is 3. The standard InChI is InChI=1S/C21H22N2O3S/c1-2-23-17(24)11-16(21(23)26)27-12-15-20(25)18-13-7-5-3-4-6-8-14(10-9-13)19(18)22-15/h3-10,15-16,18-19,22H,2,11-12H2,1H3. The lowest BCUT2D eigenvalue weighted by molar-refractivity contribution is -0.138. The summed E-state index contributed by atoms with van der Waals surface area (Å²) in [6, 6.07) is -0.354. The number of nitrogens with zero attached hydrogens (tertiary/aromatic N) is 1. The smallest absolute Gasteiger partial charge is 0.242 e. The number of nitrogens with one attached hydrogen (secondary N) is 1. The molecule has 0 aromatic carbocycles. The molecular weight excluding hydrogens is 360 g/mol. The molecular formula is C21H22N2O3S. The third kappa shape index (κ3) is 3.28. The Hall–Kier alpha value is -2.18. The maximum Gasteiger partial charge on any atom is 0.242 e. The number of carbonyl (C=O) groups is 3. The Kier molecular flexibility index (Phi) is 5.02. The van der Waals surface area contributed by atoms with Gasteiger partial charge in [0.05, 0.1) is 17.2 Å². The van der Waals surface area contributed by atoms with Gasteiger partial charge in [0.25, 0.3) is 0 Å².